The lowest BCUT2D eigenvalue weighted by Gasteiger charge is -2.15. The molecule has 19 heavy (non-hydrogen) atoms. The van der Waals surface area contributed by atoms with Gasteiger partial charge in [-0.2, -0.15) is 0 Å². The second-order valence-corrected chi connectivity index (χ2v) is 5.01. The van der Waals surface area contributed by atoms with Gasteiger partial charge in [0.1, 0.15) is 23.8 Å². The number of ether oxygens (including phenoxy) is 1. The third kappa shape index (κ3) is 2.54. The number of hydrogen-bond donors (Lipinski definition) is 1. The molecule has 0 unspecified atom stereocenters. The quantitative estimate of drug-likeness (QED) is 0.938. The van der Waals surface area contributed by atoms with Crippen molar-refractivity contribution >= 4 is 11.6 Å². The summed E-state index contributed by atoms with van der Waals surface area (Å²) in [4.78, 5) is 4.37. The fourth-order valence-corrected chi connectivity index (χ4v) is 2.70. The van der Waals surface area contributed by atoms with Crippen molar-refractivity contribution in [2.45, 2.75) is 32.4 Å². The Morgan fingerprint density at radius 3 is 3.11 bits per heavy atom. The monoisotopic (exact) mass is 278 g/mol. The predicted molar refractivity (Wildman–Crippen MR) is 72.6 cm³/mol. The van der Waals surface area contributed by atoms with Gasteiger partial charge in [-0.05, 0) is 43.0 Å². The Kier molecular flexibility index (Phi) is 3.34. The van der Waals surface area contributed by atoms with Crippen molar-refractivity contribution < 1.29 is 9.84 Å². The highest BCUT2D eigenvalue weighted by atomic mass is 35.5. The molecule has 0 saturated carbocycles. The van der Waals surface area contributed by atoms with E-state index in [4.69, 9.17) is 16.3 Å². The summed E-state index contributed by atoms with van der Waals surface area (Å²) in [6.07, 6.45) is 3.32. The Labute approximate surface area is 116 Å². The molecule has 2 aromatic rings. The van der Waals surface area contributed by atoms with Crippen molar-refractivity contribution in [1.29, 1.82) is 0 Å². The minimum Gasteiger partial charge on any atom is -0.508 e. The Hall–Kier alpha value is -1.68. The molecule has 0 fully saturated rings. The smallest absolute Gasteiger partial charge is 0.203 e. The standard InChI is InChI=1S/C14H15ClN2O2/c15-14-16-12(13-6-1-2-7-17(13)14)9-19-11-5-3-4-10(18)8-11/h3-5,8,18H,1-2,6-7,9H2. The molecule has 0 bridgehead atoms. The first kappa shape index (κ1) is 12.4. The van der Waals surface area contributed by atoms with Crippen LogP contribution in [0.4, 0.5) is 0 Å². The fourth-order valence-electron chi connectivity index (χ4n) is 2.41. The van der Waals surface area contributed by atoms with Gasteiger partial charge in [0.2, 0.25) is 5.28 Å². The van der Waals surface area contributed by atoms with Crippen LogP contribution in [0, 0.1) is 0 Å². The van der Waals surface area contributed by atoms with Crippen LogP contribution >= 0.6 is 11.6 Å². The second kappa shape index (κ2) is 5.13. The molecule has 0 spiro atoms. The highest BCUT2D eigenvalue weighted by Gasteiger charge is 2.19. The van der Waals surface area contributed by atoms with Gasteiger partial charge in [-0.1, -0.05) is 6.07 Å². The largest absolute Gasteiger partial charge is 0.508 e. The molecule has 0 radical (unpaired) electrons. The zero-order valence-corrected chi connectivity index (χ0v) is 11.2. The zero-order chi connectivity index (χ0) is 13.2. The second-order valence-electron chi connectivity index (χ2n) is 4.67. The third-order valence-corrected chi connectivity index (χ3v) is 3.64. The molecule has 5 heteroatoms. The van der Waals surface area contributed by atoms with Crippen LogP contribution in [0.3, 0.4) is 0 Å². The molecular weight excluding hydrogens is 264 g/mol. The van der Waals surface area contributed by atoms with Gasteiger partial charge in [0.05, 0.1) is 0 Å². The fraction of sp³-hybridized carbons (Fsp3) is 0.357. The summed E-state index contributed by atoms with van der Waals surface area (Å²) in [5.74, 6) is 0.830. The lowest BCUT2D eigenvalue weighted by molar-refractivity contribution is 0.297. The van der Waals surface area contributed by atoms with Gasteiger partial charge >= 0.3 is 0 Å². The predicted octanol–water partition coefficient (Wildman–Crippen LogP) is 3.16. The van der Waals surface area contributed by atoms with Crippen molar-refractivity contribution in [3.8, 4) is 11.5 Å². The molecule has 4 nitrogen and oxygen atoms in total. The number of fused-ring (bicyclic) bond motifs is 1. The Morgan fingerprint density at radius 1 is 1.37 bits per heavy atom. The molecule has 0 saturated heterocycles. The number of aromatic hydroxyl groups is 1. The summed E-state index contributed by atoms with van der Waals surface area (Å²) in [6.45, 7) is 1.32. The van der Waals surface area contributed by atoms with E-state index < -0.39 is 0 Å². The summed E-state index contributed by atoms with van der Waals surface area (Å²) in [5.41, 5.74) is 2.07. The van der Waals surface area contributed by atoms with Crippen LogP contribution in [0.2, 0.25) is 5.28 Å². The normalized spacial score (nSPS) is 14.2. The van der Waals surface area contributed by atoms with E-state index in [0.717, 1.165) is 25.1 Å². The van der Waals surface area contributed by atoms with E-state index in [0.29, 0.717) is 17.6 Å². The molecule has 1 aromatic carbocycles. The maximum atomic E-state index is 9.39. The van der Waals surface area contributed by atoms with Gasteiger partial charge in [0.25, 0.3) is 0 Å². The summed E-state index contributed by atoms with van der Waals surface area (Å²) in [5, 5.41) is 9.93. The first-order valence-electron chi connectivity index (χ1n) is 6.39. The number of phenols is 1. The number of phenolic OH excluding ortho intramolecular Hbond substituents is 1. The summed E-state index contributed by atoms with van der Waals surface area (Å²) in [6, 6.07) is 6.76. The van der Waals surface area contributed by atoms with Crippen LogP contribution in [0.15, 0.2) is 24.3 Å². The van der Waals surface area contributed by atoms with E-state index in [1.165, 1.54) is 12.1 Å². The number of rotatable bonds is 3. The Bertz CT molecular complexity index is 595. The Balaban J connectivity index is 1.77. The summed E-state index contributed by atoms with van der Waals surface area (Å²) >= 11 is 6.13. The van der Waals surface area contributed by atoms with E-state index in [1.807, 2.05) is 6.07 Å². The molecule has 0 aliphatic carbocycles. The van der Waals surface area contributed by atoms with E-state index in [1.54, 1.807) is 18.2 Å². The van der Waals surface area contributed by atoms with E-state index in [2.05, 4.69) is 9.55 Å². The molecule has 2 heterocycles. The molecule has 0 atom stereocenters. The number of nitrogens with zero attached hydrogens (tertiary/aromatic N) is 2. The molecule has 3 rings (SSSR count). The molecule has 0 amide bonds. The lowest BCUT2D eigenvalue weighted by atomic mass is 10.1. The number of aromatic nitrogens is 2. The van der Waals surface area contributed by atoms with Crippen molar-refractivity contribution in [2.24, 2.45) is 0 Å². The van der Waals surface area contributed by atoms with Crippen LogP contribution in [0.5, 0.6) is 11.5 Å². The van der Waals surface area contributed by atoms with E-state index in [9.17, 15) is 5.11 Å². The van der Waals surface area contributed by atoms with Gasteiger partial charge in [-0.25, -0.2) is 4.98 Å². The summed E-state index contributed by atoms with van der Waals surface area (Å²) < 4.78 is 7.72. The minimum absolute atomic E-state index is 0.197. The van der Waals surface area contributed by atoms with Crippen LogP contribution in [0.25, 0.3) is 0 Å². The van der Waals surface area contributed by atoms with Crippen LogP contribution in [-0.2, 0) is 19.6 Å². The summed E-state index contributed by atoms with van der Waals surface area (Å²) in [7, 11) is 0. The van der Waals surface area contributed by atoms with Gasteiger partial charge in [0, 0.05) is 18.3 Å². The number of halogens is 1. The molecule has 1 N–H and O–H groups in total. The highest BCUT2D eigenvalue weighted by molar-refractivity contribution is 6.28. The zero-order valence-electron chi connectivity index (χ0n) is 10.5. The average Bonchev–Trinajstić information content (AvgIpc) is 2.74. The van der Waals surface area contributed by atoms with Crippen LogP contribution in [-0.4, -0.2) is 14.7 Å². The number of hydrogen-bond acceptors (Lipinski definition) is 3. The van der Waals surface area contributed by atoms with Crippen molar-refractivity contribution in [3.05, 3.63) is 40.9 Å². The van der Waals surface area contributed by atoms with Gasteiger partial charge < -0.3 is 14.4 Å². The van der Waals surface area contributed by atoms with Crippen molar-refractivity contribution in [1.82, 2.24) is 9.55 Å². The average molecular weight is 279 g/mol. The molecule has 1 aliphatic heterocycles. The van der Waals surface area contributed by atoms with Crippen molar-refractivity contribution in [3.63, 3.8) is 0 Å². The van der Waals surface area contributed by atoms with Crippen molar-refractivity contribution in [2.75, 3.05) is 0 Å². The SMILES string of the molecule is Oc1cccc(OCc2nc(Cl)n3c2CCCC3)c1. The molecule has 1 aliphatic rings. The highest BCUT2D eigenvalue weighted by Crippen LogP contribution is 2.25. The maximum Gasteiger partial charge on any atom is 0.203 e. The number of imidazole rings is 1. The minimum atomic E-state index is 0.197. The molecule has 1 aromatic heterocycles. The van der Waals surface area contributed by atoms with Gasteiger partial charge in [-0.3, -0.25) is 0 Å². The van der Waals surface area contributed by atoms with Crippen LogP contribution < -0.4 is 4.74 Å². The molecule has 100 valence electrons. The Morgan fingerprint density at radius 2 is 2.26 bits per heavy atom. The first-order chi connectivity index (χ1) is 9.24. The topological polar surface area (TPSA) is 47.3 Å². The first-order valence-corrected chi connectivity index (χ1v) is 6.77. The maximum absolute atomic E-state index is 9.39. The van der Waals surface area contributed by atoms with Crippen LogP contribution in [0.1, 0.15) is 24.2 Å². The van der Waals surface area contributed by atoms with Gasteiger partial charge in [0.15, 0.2) is 0 Å². The van der Waals surface area contributed by atoms with Gasteiger partial charge in [-0.15, -0.1) is 0 Å². The third-order valence-electron chi connectivity index (χ3n) is 3.35. The molecular formula is C14H15ClN2O2. The number of benzene rings is 1. The lowest BCUT2D eigenvalue weighted by Crippen LogP contribution is -2.11. The van der Waals surface area contributed by atoms with E-state index >= 15 is 0 Å². The van der Waals surface area contributed by atoms with E-state index in [-0.39, 0.29) is 5.75 Å².